The molecule has 128 valence electrons. The lowest BCUT2D eigenvalue weighted by atomic mass is 10.1. The van der Waals surface area contributed by atoms with E-state index in [-0.39, 0.29) is 17.5 Å². The number of ether oxygens (including phenoxy) is 1. The first-order valence-corrected chi connectivity index (χ1v) is 8.28. The highest BCUT2D eigenvalue weighted by Gasteiger charge is 2.32. The third kappa shape index (κ3) is 3.05. The summed E-state index contributed by atoms with van der Waals surface area (Å²) in [5, 5.41) is 0.723. The molecule has 2 aromatic carbocycles. The van der Waals surface area contributed by atoms with Crippen molar-refractivity contribution >= 4 is 32.7 Å². The van der Waals surface area contributed by atoms with Crippen molar-refractivity contribution in [1.29, 1.82) is 0 Å². The Morgan fingerprint density at radius 1 is 1.12 bits per heavy atom. The summed E-state index contributed by atoms with van der Waals surface area (Å²) in [6.45, 7) is 0.884. The van der Waals surface area contributed by atoms with Gasteiger partial charge in [0.2, 0.25) is 0 Å². The van der Waals surface area contributed by atoms with E-state index in [2.05, 4.69) is 4.98 Å². The zero-order valence-corrected chi connectivity index (χ0v) is 13.5. The number of aromatic nitrogens is 1. The predicted octanol–water partition coefficient (Wildman–Crippen LogP) is 3.76. The second-order valence-corrected chi connectivity index (χ2v) is 6.68. The minimum atomic E-state index is -1.09. The average Bonchev–Trinajstić information content (AvgIpc) is 2.95. The molecule has 8 heteroatoms. The molecule has 0 aliphatic carbocycles. The van der Waals surface area contributed by atoms with Gasteiger partial charge >= 0.3 is 5.97 Å². The van der Waals surface area contributed by atoms with Gasteiger partial charge in [0.05, 0.1) is 28.9 Å². The van der Waals surface area contributed by atoms with Gasteiger partial charge in [-0.3, -0.25) is 0 Å². The van der Waals surface area contributed by atoms with E-state index in [1.807, 2.05) is 4.90 Å². The van der Waals surface area contributed by atoms with Gasteiger partial charge in [-0.25, -0.2) is 22.9 Å². The molecule has 1 saturated heterocycles. The third-order valence-electron chi connectivity index (χ3n) is 3.89. The van der Waals surface area contributed by atoms with Crippen LogP contribution >= 0.6 is 11.3 Å². The van der Waals surface area contributed by atoms with E-state index in [1.165, 1.54) is 29.5 Å². The van der Waals surface area contributed by atoms with Gasteiger partial charge in [-0.05, 0) is 36.4 Å². The molecule has 0 radical (unpaired) electrons. The number of carbonyl (C=O) groups excluding carboxylic acids is 1. The number of carbonyl (C=O) groups is 1. The van der Waals surface area contributed by atoms with Crippen LogP contribution in [0.15, 0.2) is 36.4 Å². The first-order chi connectivity index (χ1) is 12.0. The van der Waals surface area contributed by atoms with E-state index in [0.29, 0.717) is 18.6 Å². The van der Waals surface area contributed by atoms with Crippen molar-refractivity contribution in [2.75, 3.05) is 18.0 Å². The molecule has 2 heterocycles. The van der Waals surface area contributed by atoms with Crippen LogP contribution in [-0.2, 0) is 4.74 Å². The number of fused-ring (bicyclic) bond motifs is 1. The number of benzene rings is 2. The summed E-state index contributed by atoms with van der Waals surface area (Å²) in [4.78, 5) is 18.3. The van der Waals surface area contributed by atoms with Gasteiger partial charge in [0.1, 0.15) is 11.9 Å². The fraction of sp³-hybridized carbons (Fsp3) is 0.176. The Kier molecular flexibility index (Phi) is 3.84. The van der Waals surface area contributed by atoms with E-state index in [0.717, 1.165) is 22.0 Å². The third-order valence-corrected chi connectivity index (χ3v) is 4.97. The normalized spacial score (nSPS) is 14.6. The lowest BCUT2D eigenvalue weighted by Gasteiger charge is -2.38. The highest BCUT2D eigenvalue weighted by atomic mass is 32.1. The second kappa shape index (κ2) is 6.03. The van der Waals surface area contributed by atoms with Crippen LogP contribution in [0.3, 0.4) is 0 Å². The second-order valence-electron chi connectivity index (χ2n) is 5.67. The molecule has 0 unspecified atom stereocenters. The molecule has 25 heavy (non-hydrogen) atoms. The lowest BCUT2D eigenvalue weighted by Crippen LogP contribution is -2.53. The standard InChI is InChI=1S/C17H11F3N2O2S/c18-10-2-4-14-15(6-10)25-17(21-14)22-7-11(8-22)24-16(23)9-1-3-12(19)13(20)5-9/h1-6,11H,7-8H2. The van der Waals surface area contributed by atoms with Gasteiger partial charge in [-0.15, -0.1) is 0 Å². The molecule has 1 aliphatic rings. The molecule has 0 bridgehead atoms. The van der Waals surface area contributed by atoms with E-state index in [1.54, 1.807) is 6.07 Å². The van der Waals surface area contributed by atoms with Crippen LogP contribution in [0.1, 0.15) is 10.4 Å². The van der Waals surface area contributed by atoms with Crippen molar-refractivity contribution in [2.45, 2.75) is 6.10 Å². The van der Waals surface area contributed by atoms with Crippen LogP contribution < -0.4 is 4.90 Å². The molecule has 1 aromatic heterocycles. The fourth-order valence-corrected chi connectivity index (χ4v) is 3.54. The zero-order valence-electron chi connectivity index (χ0n) is 12.7. The summed E-state index contributed by atoms with van der Waals surface area (Å²) >= 11 is 1.36. The number of hydrogen-bond acceptors (Lipinski definition) is 5. The Hall–Kier alpha value is -2.61. The summed E-state index contributed by atoms with van der Waals surface area (Å²) in [6, 6.07) is 7.28. The molecule has 0 amide bonds. The van der Waals surface area contributed by atoms with Crippen LogP contribution in [-0.4, -0.2) is 30.1 Å². The Labute approximate surface area is 144 Å². The topological polar surface area (TPSA) is 42.4 Å². The molecule has 0 spiro atoms. The van der Waals surface area contributed by atoms with Crippen molar-refractivity contribution in [2.24, 2.45) is 0 Å². The smallest absolute Gasteiger partial charge is 0.338 e. The first-order valence-electron chi connectivity index (χ1n) is 7.46. The van der Waals surface area contributed by atoms with Crippen molar-refractivity contribution in [3.8, 4) is 0 Å². The van der Waals surface area contributed by atoms with E-state index >= 15 is 0 Å². The van der Waals surface area contributed by atoms with E-state index in [4.69, 9.17) is 4.74 Å². The van der Waals surface area contributed by atoms with Gasteiger partial charge in [0.15, 0.2) is 16.8 Å². The molecule has 0 saturated carbocycles. The number of anilines is 1. The van der Waals surface area contributed by atoms with Gasteiger partial charge in [0, 0.05) is 0 Å². The molecular formula is C17H11F3N2O2S. The molecule has 0 atom stereocenters. The van der Waals surface area contributed by atoms with Crippen LogP contribution in [0.2, 0.25) is 0 Å². The molecule has 1 aliphatic heterocycles. The number of hydrogen-bond donors (Lipinski definition) is 0. The molecule has 0 N–H and O–H groups in total. The maximum atomic E-state index is 13.2. The first kappa shape index (κ1) is 15.9. The van der Waals surface area contributed by atoms with E-state index in [9.17, 15) is 18.0 Å². The highest BCUT2D eigenvalue weighted by Crippen LogP contribution is 2.32. The van der Waals surface area contributed by atoms with Crippen LogP contribution in [0, 0.1) is 17.5 Å². The SMILES string of the molecule is O=C(OC1CN(c2nc3ccc(F)cc3s2)C1)c1ccc(F)c(F)c1. The minimum Gasteiger partial charge on any atom is -0.455 e. The van der Waals surface area contributed by atoms with Gasteiger partial charge in [-0.2, -0.15) is 0 Å². The predicted molar refractivity (Wildman–Crippen MR) is 87.4 cm³/mol. The van der Waals surface area contributed by atoms with Crippen molar-refractivity contribution in [3.63, 3.8) is 0 Å². The largest absolute Gasteiger partial charge is 0.455 e. The summed E-state index contributed by atoms with van der Waals surface area (Å²) in [6.07, 6.45) is -0.357. The summed E-state index contributed by atoms with van der Waals surface area (Å²) in [7, 11) is 0. The number of rotatable bonds is 3. The summed E-state index contributed by atoms with van der Waals surface area (Å²) < 4.78 is 45.3. The lowest BCUT2D eigenvalue weighted by molar-refractivity contribution is 0.0233. The minimum absolute atomic E-state index is 0.0344. The zero-order chi connectivity index (χ0) is 17.6. The molecule has 4 rings (SSSR count). The molecular weight excluding hydrogens is 353 g/mol. The van der Waals surface area contributed by atoms with Crippen molar-refractivity contribution < 1.29 is 22.7 Å². The summed E-state index contributed by atoms with van der Waals surface area (Å²) in [5.74, 6) is -3.12. The van der Waals surface area contributed by atoms with Gasteiger partial charge < -0.3 is 9.64 Å². The van der Waals surface area contributed by atoms with Crippen LogP contribution in [0.4, 0.5) is 18.3 Å². The Morgan fingerprint density at radius 3 is 2.68 bits per heavy atom. The van der Waals surface area contributed by atoms with E-state index < -0.39 is 17.6 Å². The maximum absolute atomic E-state index is 13.2. The van der Waals surface area contributed by atoms with Crippen LogP contribution in [0.25, 0.3) is 10.2 Å². The summed E-state index contributed by atoms with van der Waals surface area (Å²) in [5.41, 5.74) is 0.677. The Bertz CT molecular complexity index is 970. The van der Waals surface area contributed by atoms with Gasteiger partial charge in [-0.1, -0.05) is 11.3 Å². The monoisotopic (exact) mass is 364 g/mol. The average molecular weight is 364 g/mol. The fourth-order valence-electron chi connectivity index (χ4n) is 2.53. The van der Waals surface area contributed by atoms with Crippen LogP contribution in [0.5, 0.6) is 0 Å². The van der Waals surface area contributed by atoms with Gasteiger partial charge in [0.25, 0.3) is 0 Å². The molecule has 4 nitrogen and oxygen atoms in total. The number of nitrogens with zero attached hydrogens (tertiary/aromatic N) is 2. The highest BCUT2D eigenvalue weighted by molar-refractivity contribution is 7.22. The number of esters is 1. The Morgan fingerprint density at radius 2 is 1.92 bits per heavy atom. The Balaban J connectivity index is 1.39. The number of halogens is 3. The molecule has 3 aromatic rings. The quantitative estimate of drug-likeness (QED) is 0.664. The van der Waals surface area contributed by atoms with Crippen molar-refractivity contribution in [1.82, 2.24) is 4.98 Å². The van der Waals surface area contributed by atoms with Crippen molar-refractivity contribution in [3.05, 3.63) is 59.4 Å². The molecule has 1 fully saturated rings. The number of thiazole rings is 1. The maximum Gasteiger partial charge on any atom is 0.338 e.